The molecule has 1 aliphatic rings. The van der Waals surface area contributed by atoms with E-state index in [2.05, 4.69) is 17.0 Å². The van der Waals surface area contributed by atoms with Gasteiger partial charge in [0.1, 0.15) is 25.3 Å². The number of aromatic nitrogens is 3. The number of hydrogen-bond acceptors (Lipinski definition) is 7. The lowest BCUT2D eigenvalue weighted by Crippen LogP contribution is -2.35. The largest absolute Gasteiger partial charge is 0.379 e. The van der Waals surface area contributed by atoms with Crippen LogP contribution in [0.5, 0.6) is 0 Å². The Bertz CT molecular complexity index is 822. The second-order valence-corrected chi connectivity index (χ2v) is 8.09. The van der Waals surface area contributed by atoms with Gasteiger partial charge in [0, 0.05) is 17.2 Å². The summed E-state index contributed by atoms with van der Waals surface area (Å²) in [6, 6.07) is 5.30. The van der Waals surface area contributed by atoms with Gasteiger partial charge in [-0.25, -0.2) is 9.67 Å². The highest BCUT2D eigenvalue weighted by Crippen LogP contribution is 2.40. The first kappa shape index (κ1) is 26.3. The maximum absolute atomic E-state index is 8.36. The predicted octanol–water partition coefficient (Wildman–Crippen LogP) is 4.49. The number of halogens is 2. The average Bonchev–Trinajstić information content (AvgIpc) is 3.38. The van der Waals surface area contributed by atoms with E-state index < -0.39 is 10.9 Å². The van der Waals surface area contributed by atoms with E-state index in [1.807, 2.05) is 6.07 Å². The fourth-order valence-corrected chi connectivity index (χ4v) is 3.86. The zero-order valence-electron chi connectivity index (χ0n) is 17.9. The van der Waals surface area contributed by atoms with E-state index in [0.29, 0.717) is 29.8 Å². The topological polar surface area (TPSA) is 122 Å². The van der Waals surface area contributed by atoms with Crippen molar-refractivity contribution in [3.63, 3.8) is 0 Å². The first-order chi connectivity index (χ1) is 15.4. The van der Waals surface area contributed by atoms with Gasteiger partial charge < -0.3 is 19.4 Å². The van der Waals surface area contributed by atoms with E-state index in [9.17, 15) is 0 Å². The minimum atomic E-state index is -1.50. The molecule has 0 unspecified atom stereocenters. The Hall–Kier alpha value is -1.98. The molecule has 1 aromatic heterocycles. The van der Waals surface area contributed by atoms with Crippen LogP contribution in [0.2, 0.25) is 10.0 Å². The lowest BCUT2D eigenvalue weighted by molar-refractivity contribution is -0.742. The molecular formula is C20H28Cl2N4O6. The molecular weight excluding hydrogens is 463 g/mol. The molecule has 178 valence electrons. The standard InChI is InChI=1S/C20H27Cl2N3O3.HNO3/c1-2-3-4-5-6-9-26-11-17-12-27-20(28-17,13-25-15-23-14-24-25)18-8-7-16(21)10-19(18)22;2-1(3)4/h7-8,10,14-15,17H,2-6,9,11-13H2,1H3;(H,2,3,4)/t17-,20-;/m1./s1. The van der Waals surface area contributed by atoms with Crippen LogP contribution in [0.25, 0.3) is 0 Å². The predicted molar refractivity (Wildman–Crippen MR) is 117 cm³/mol. The third-order valence-corrected chi connectivity index (χ3v) is 5.28. The zero-order valence-corrected chi connectivity index (χ0v) is 19.4. The average molecular weight is 491 g/mol. The van der Waals surface area contributed by atoms with Crippen molar-refractivity contribution in [1.82, 2.24) is 14.8 Å². The Kier molecular flexibility index (Phi) is 11.1. The molecule has 32 heavy (non-hydrogen) atoms. The van der Waals surface area contributed by atoms with Crippen LogP contribution in [0.3, 0.4) is 0 Å². The molecule has 0 spiro atoms. The normalized spacial score (nSPS) is 20.0. The molecule has 2 aromatic rings. The number of benzene rings is 1. The molecule has 1 aromatic carbocycles. The molecule has 0 saturated carbocycles. The number of nitrogens with zero attached hydrogens (tertiary/aromatic N) is 4. The summed E-state index contributed by atoms with van der Waals surface area (Å²) in [5.74, 6) is -1.05. The molecule has 0 radical (unpaired) electrons. The zero-order chi connectivity index (χ0) is 23.4. The van der Waals surface area contributed by atoms with Crippen LogP contribution < -0.4 is 0 Å². The van der Waals surface area contributed by atoms with Gasteiger partial charge in [-0.2, -0.15) is 5.10 Å². The van der Waals surface area contributed by atoms with E-state index in [-0.39, 0.29) is 6.10 Å². The van der Waals surface area contributed by atoms with Crippen molar-refractivity contribution in [2.75, 3.05) is 19.8 Å². The molecule has 0 amide bonds. The summed E-state index contributed by atoms with van der Waals surface area (Å²) in [6.45, 7) is 4.19. The minimum Gasteiger partial charge on any atom is -0.379 e. The minimum absolute atomic E-state index is 0.175. The smallest absolute Gasteiger partial charge is 0.291 e. The van der Waals surface area contributed by atoms with Gasteiger partial charge in [0.15, 0.2) is 0 Å². The van der Waals surface area contributed by atoms with Crippen molar-refractivity contribution < 1.29 is 24.5 Å². The number of ether oxygens (including phenoxy) is 3. The molecule has 1 saturated heterocycles. The summed E-state index contributed by atoms with van der Waals surface area (Å²) >= 11 is 12.5. The number of unbranched alkanes of at least 4 members (excludes halogenated alkanes) is 4. The van der Waals surface area contributed by atoms with Crippen molar-refractivity contribution in [1.29, 1.82) is 0 Å². The van der Waals surface area contributed by atoms with Gasteiger partial charge in [-0.05, 0) is 18.6 Å². The fraction of sp³-hybridized carbons (Fsp3) is 0.600. The molecule has 10 nitrogen and oxygen atoms in total. The maximum Gasteiger partial charge on any atom is 0.291 e. The number of hydrogen-bond donors (Lipinski definition) is 1. The first-order valence-electron chi connectivity index (χ1n) is 10.4. The van der Waals surface area contributed by atoms with E-state index >= 15 is 0 Å². The highest BCUT2D eigenvalue weighted by molar-refractivity contribution is 6.35. The molecule has 12 heteroatoms. The van der Waals surface area contributed by atoms with Crippen molar-refractivity contribution in [3.8, 4) is 0 Å². The van der Waals surface area contributed by atoms with Gasteiger partial charge in [0.25, 0.3) is 5.09 Å². The lowest BCUT2D eigenvalue weighted by Gasteiger charge is -2.29. The van der Waals surface area contributed by atoms with Gasteiger partial charge in [-0.3, -0.25) is 0 Å². The van der Waals surface area contributed by atoms with Gasteiger partial charge in [0.2, 0.25) is 5.79 Å². The third kappa shape index (κ3) is 8.51. The quantitative estimate of drug-likeness (QED) is 0.277. The van der Waals surface area contributed by atoms with E-state index in [1.165, 1.54) is 32.0 Å². The van der Waals surface area contributed by atoms with Crippen LogP contribution in [0, 0.1) is 10.1 Å². The molecule has 1 aliphatic heterocycles. The van der Waals surface area contributed by atoms with Crippen molar-refractivity contribution >= 4 is 23.2 Å². The summed E-state index contributed by atoms with van der Waals surface area (Å²) < 4.78 is 19.9. The van der Waals surface area contributed by atoms with Gasteiger partial charge in [-0.15, -0.1) is 10.1 Å². The van der Waals surface area contributed by atoms with Gasteiger partial charge in [0.05, 0.1) is 18.2 Å². The molecule has 2 atom stereocenters. The van der Waals surface area contributed by atoms with Crippen LogP contribution in [0.4, 0.5) is 0 Å². The summed E-state index contributed by atoms with van der Waals surface area (Å²) in [5, 5.41) is 18.9. The Morgan fingerprint density at radius 3 is 2.75 bits per heavy atom. The second kappa shape index (κ2) is 13.5. The van der Waals surface area contributed by atoms with Crippen molar-refractivity contribution in [2.24, 2.45) is 0 Å². The van der Waals surface area contributed by atoms with E-state index in [0.717, 1.165) is 18.6 Å². The number of rotatable bonds is 11. The summed E-state index contributed by atoms with van der Waals surface area (Å²) in [6.07, 6.45) is 8.99. The third-order valence-electron chi connectivity index (χ3n) is 4.73. The lowest BCUT2D eigenvalue weighted by atomic mass is 10.1. The van der Waals surface area contributed by atoms with E-state index in [1.54, 1.807) is 23.1 Å². The Labute approximate surface area is 196 Å². The van der Waals surface area contributed by atoms with E-state index in [4.69, 9.17) is 52.7 Å². The summed E-state index contributed by atoms with van der Waals surface area (Å²) in [7, 11) is 0. The van der Waals surface area contributed by atoms with Crippen LogP contribution in [-0.4, -0.2) is 51.0 Å². The van der Waals surface area contributed by atoms with Gasteiger partial charge in [-0.1, -0.05) is 61.9 Å². The Balaban J connectivity index is 0.000000837. The van der Waals surface area contributed by atoms with Crippen LogP contribution >= 0.6 is 23.2 Å². The fourth-order valence-electron chi connectivity index (χ4n) is 3.30. The Morgan fingerprint density at radius 1 is 1.34 bits per heavy atom. The van der Waals surface area contributed by atoms with Gasteiger partial charge >= 0.3 is 0 Å². The van der Waals surface area contributed by atoms with Crippen LogP contribution in [-0.2, 0) is 26.5 Å². The molecule has 1 fully saturated rings. The molecule has 1 N–H and O–H groups in total. The second-order valence-electron chi connectivity index (χ2n) is 7.25. The Morgan fingerprint density at radius 2 is 2.09 bits per heavy atom. The molecule has 2 heterocycles. The SMILES string of the molecule is CCCCCCCOC[C@@H]1CO[C@@](Cn2cncn2)(c2ccc(Cl)cc2Cl)O1.O=[N+]([O-])O. The summed E-state index contributed by atoms with van der Waals surface area (Å²) in [5.41, 5.74) is 0.719. The highest BCUT2D eigenvalue weighted by Gasteiger charge is 2.45. The highest BCUT2D eigenvalue weighted by atomic mass is 35.5. The molecule has 0 aliphatic carbocycles. The van der Waals surface area contributed by atoms with Crippen LogP contribution in [0.1, 0.15) is 44.6 Å². The summed E-state index contributed by atoms with van der Waals surface area (Å²) in [4.78, 5) is 12.4. The van der Waals surface area contributed by atoms with Crippen molar-refractivity contribution in [3.05, 3.63) is 56.6 Å². The van der Waals surface area contributed by atoms with Crippen molar-refractivity contribution in [2.45, 2.75) is 57.5 Å². The molecule has 0 bridgehead atoms. The maximum atomic E-state index is 8.36. The van der Waals surface area contributed by atoms with Crippen LogP contribution in [0.15, 0.2) is 30.9 Å². The first-order valence-corrected chi connectivity index (χ1v) is 11.1. The monoisotopic (exact) mass is 490 g/mol. The molecule has 3 rings (SSSR count).